The average molecular weight is 450 g/mol. The fourth-order valence-corrected chi connectivity index (χ4v) is 4.34. The second kappa shape index (κ2) is 8.89. The summed E-state index contributed by atoms with van der Waals surface area (Å²) in [5, 5.41) is 0. The van der Waals surface area contributed by atoms with Crippen LogP contribution in [0, 0.1) is 0 Å². The van der Waals surface area contributed by atoms with Gasteiger partial charge in [0.15, 0.2) is 0 Å². The predicted octanol–water partition coefficient (Wildman–Crippen LogP) is 3.97. The highest BCUT2D eigenvalue weighted by Gasteiger charge is 2.34. The lowest BCUT2D eigenvalue weighted by Gasteiger charge is -2.41. The van der Waals surface area contributed by atoms with E-state index in [0.29, 0.717) is 30.6 Å². The Morgan fingerprint density at radius 1 is 0.970 bits per heavy atom. The van der Waals surface area contributed by atoms with Gasteiger partial charge in [-0.1, -0.05) is 24.3 Å². The summed E-state index contributed by atoms with van der Waals surface area (Å²) in [6.45, 7) is 10.1. The number of nitrogens with zero attached hydrogens (tertiary/aromatic N) is 3. The van der Waals surface area contributed by atoms with E-state index in [1.54, 1.807) is 29.2 Å². The number of anilines is 1. The van der Waals surface area contributed by atoms with Gasteiger partial charge in [0.2, 0.25) is 0 Å². The first-order valence-corrected chi connectivity index (χ1v) is 11.4. The van der Waals surface area contributed by atoms with Crippen molar-refractivity contribution in [3.8, 4) is 0 Å². The third kappa shape index (κ3) is 4.87. The number of carbonyl (C=O) groups excluding carboxylic acids is 3. The first-order chi connectivity index (χ1) is 15.6. The van der Waals surface area contributed by atoms with Gasteiger partial charge in [0.25, 0.3) is 11.8 Å². The van der Waals surface area contributed by atoms with Crippen molar-refractivity contribution in [2.45, 2.75) is 45.8 Å². The third-order valence-corrected chi connectivity index (χ3v) is 6.06. The van der Waals surface area contributed by atoms with Crippen molar-refractivity contribution >= 4 is 23.6 Å². The molecule has 1 saturated heterocycles. The maximum absolute atomic E-state index is 12.5. The summed E-state index contributed by atoms with van der Waals surface area (Å²) in [5.41, 5.74) is 2.62. The van der Waals surface area contributed by atoms with Gasteiger partial charge >= 0.3 is 6.09 Å². The molecular formula is C26H31N3O4. The number of imide groups is 1. The SMILES string of the molecule is C[C@H]1CN(c2ccc(CCN3C(=O)c4ccccc4C3=O)cc2)CCN1C(=O)OC(C)(C)C. The van der Waals surface area contributed by atoms with Gasteiger partial charge in [0.05, 0.1) is 11.1 Å². The Morgan fingerprint density at radius 2 is 1.58 bits per heavy atom. The van der Waals surface area contributed by atoms with E-state index >= 15 is 0 Å². The minimum atomic E-state index is -0.503. The molecule has 1 atom stereocenters. The predicted molar refractivity (Wildman–Crippen MR) is 127 cm³/mol. The minimum Gasteiger partial charge on any atom is -0.444 e. The molecule has 3 amide bonds. The lowest BCUT2D eigenvalue weighted by Crippen LogP contribution is -2.55. The number of piperazine rings is 1. The van der Waals surface area contributed by atoms with E-state index in [2.05, 4.69) is 17.0 Å². The van der Waals surface area contributed by atoms with Crippen LogP contribution in [0.3, 0.4) is 0 Å². The van der Waals surface area contributed by atoms with E-state index < -0.39 is 5.60 Å². The van der Waals surface area contributed by atoms with Crippen LogP contribution in [0.25, 0.3) is 0 Å². The topological polar surface area (TPSA) is 70.2 Å². The lowest BCUT2D eigenvalue weighted by atomic mass is 10.1. The molecule has 0 radical (unpaired) electrons. The Balaban J connectivity index is 1.33. The van der Waals surface area contributed by atoms with Crippen molar-refractivity contribution in [1.82, 2.24) is 9.80 Å². The monoisotopic (exact) mass is 449 g/mol. The van der Waals surface area contributed by atoms with Crippen LogP contribution in [0.15, 0.2) is 48.5 Å². The Labute approximate surface area is 194 Å². The molecule has 0 aromatic heterocycles. The van der Waals surface area contributed by atoms with Gasteiger partial charge in [-0.05, 0) is 63.9 Å². The maximum atomic E-state index is 12.5. The van der Waals surface area contributed by atoms with E-state index in [1.807, 2.05) is 39.8 Å². The zero-order chi connectivity index (χ0) is 23.8. The summed E-state index contributed by atoms with van der Waals surface area (Å²) in [6, 6.07) is 15.2. The van der Waals surface area contributed by atoms with Crippen LogP contribution in [0.5, 0.6) is 0 Å². The zero-order valence-electron chi connectivity index (χ0n) is 19.7. The van der Waals surface area contributed by atoms with E-state index in [-0.39, 0.29) is 23.9 Å². The highest BCUT2D eigenvalue weighted by molar-refractivity contribution is 6.21. The highest BCUT2D eigenvalue weighted by atomic mass is 16.6. The zero-order valence-corrected chi connectivity index (χ0v) is 19.7. The molecular weight excluding hydrogens is 418 g/mol. The minimum absolute atomic E-state index is 0.0436. The summed E-state index contributed by atoms with van der Waals surface area (Å²) in [5.74, 6) is -0.437. The number of hydrogen-bond acceptors (Lipinski definition) is 5. The average Bonchev–Trinajstić information content (AvgIpc) is 3.01. The fourth-order valence-electron chi connectivity index (χ4n) is 4.34. The summed E-state index contributed by atoms with van der Waals surface area (Å²) < 4.78 is 5.53. The van der Waals surface area contributed by atoms with Crippen molar-refractivity contribution in [2.75, 3.05) is 31.1 Å². The second-order valence-electron chi connectivity index (χ2n) is 9.69. The lowest BCUT2D eigenvalue weighted by molar-refractivity contribution is 0.0158. The highest BCUT2D eigenvalue weighted by Crippen LogP contribution is 2.24. The second-order valence-corrected chi connectivity index (χ2v) is 9.69. The third-order valence-electron chi connectivity index (χ3n) is 6.06. The Morgan fingerprint density at radius 3 is 2.12 bits per heavy atom. The molecule has 0 spiro atoms. The van der Waals surface area contributed by atoms with Crippen molar-refractivity contribution < 1.29 is 19.1 Å². The summed E-state index contributed by atoms with van der Waals surface area (Å²) in [6.07, 6.45) is 0.340. The van der Waals surface area contributed by atoms with Gasteiger partial charge in [-0.3, -0.25) is 14.5 Å². The molecule has 174 valence electrons. The Bertz CT molecular complexity index is 1020. The van der Waals surface area contributed by atoms with Gasteiger partial charge in [0.1, 0.15) is 5.60 Å². The summed E-state index contributed by atoms with van der Waals surface area (Å²) in [4.78, 5) is 42.9. The Kier molecular flexibility index (Phi) is 6.15. The van der Waals surface area contributed by atoms with E-state index in [9.17, 15) is 14.4 Å². The van der Waals surface area contributed by atoms with E-state index in [1.165, 1.54) is 4.90 Å². The largest absolute Gasteiger partial charge is 0.444 e. The first kappa shape index (κ1) is 22.8. The molecule has 2 heterocycles. The van der Waals surface area contributed by atoms with Crippen LogP contribution < -0.4 is 4.90 Å². The first-order valence-electron chi connectivity index (χ1n) is 11.4. The number of carbonyl (C=O) groups is 3. The molecule has 33 heavy (non-hydrogen) atoms. The molecule has 0 saturated carbocycles. The number of fused-ring (bicyclic) bond motifs is 1. The van der Waals surface area contributed by atoms with E-state index in [0.717, 1.165) is 24.3 Å². The van der Waals surface area contributed by atoms with Crippen molar-refractivity contribution in [3.05, 3.63) is 65.2 Å². The smallest absolute Gasteiger partial charge is 0.410 e. The molecule has 0 aliphatic carbocycles. The summed E-state index contributed by atoms with van der Waals surface area (Å²) >= 11 is 0. The van der Waals surface area contributed by atoms with Crippen LogP contribution in [0.2, 0.25) is 0 Å². The molecule has 0 bridgehead atoms. The van der Waals surface area contributed by atoms with Crippen molar-refractivity contribution in [2.24, 2.45) is 0 Å². The van der Waals surface area contributed by atoms with E-state index in [4.69, 9.17) is 4.74 Å². The number of rotatable bonds is 4. The van der Waals surface area contributed by atoms with Gasteiger partial charge < -0.3 is 14.5 Å². The van der Waals surface area contributed by atoms with Crippen LogP contribution in [-0.4, -0.2) is 65.5 Å². The number of hydrogen-bond donors (Lipinski definition) is 0. The van der Waals surface area contributed by atoms with Gasteiger partial charge in [-0.2, -0.15) is 0 Å². The standard InChI is InChI=1S/C26H31N3O4/c1-18-17-27(15-16-28(18)25(32)33-26(2,3)4)20-11-9-19(10-12-20)13-14-29-23(30)21-7-5-6-8-22(21)24(29)31/h5-12,18H,13-17H2,1-4H3/t18-/m0/s1. The van der Waals surface area contributed by atoms with Gasteiger partial charge in [0, 0.05) is 37.9 Å². The molecule has 7 nitrogen and oxygen atoms in total. The van der Waals surface area contributed by atoms with Crippen LogP contribution in [0.4, 0.5) is 10.5 Å². The molecule has 0 unspecified atom stereocenters. The molecule has 0 N–H and O–H groups in total. The Hall–Kier alpha value is -3.35. The fraction of sp³-hybridized carbons (Fsp3) is 0.423. The quantitative estimate of drug-likeness (QED) is 0.661. The number of amides is 3. The maximum Gasteiger partial charge on any atom is 0.410 e. The summed E-state index contributed by atoms with van der Waals surface area (Å²) in [7, 11) is 0. The molecule has 2 aliphatic rings. The molecule has 2 aliphatic heterocycles. The molecule has 2 aromatic rings. The molecule has 7 heteroatoms. The molecule has 1 fully saturated rings. The molecule has 4 rings (SSSR count). The van der Waals surface area contributed by atoms with Crippen LogP contribution >= 0.6 is 0 Å². The van der Waals surface area contributed by atoms with Gasteiger partial charge in [-0.15, -0.1) is 0 Å². The van der Waals surface area contributed by atoms with Crippen LogP contribution in [-0.2, 0) is 11.2 Å². The van der Waals surface area contributed by atoms with Crippen molar-refractivity contribution in [1.29, 1.82) is 0 Å². The number of ether oxygens (including phenoxy) is 1. The number of benzene rings is 2. The molecule has 2 aromatic carbocycles. The van der Waals surface area contributed by atoms with Crippen molar-refractivity contribution in [3.63, 3.8) is 0 Å². The van der Waals surface area contributed by atoms with Crippen LogP contribution in [0.1, 0.15) is 54.0 Å². The van der Waals surface area contributed by atoms with Gasteiger partial charge in [-0.25, -0.2) is 4.79 Å². The normalized spacial score (nSPS) is 18.5.